The molecule has 2 aromatic heterocycles. The number of pyridine rings is 1. The average molecular weight is 572 g/mol. The third-order valence-electron chi connectivity index (χ3n) is 8.10. The van der Waals surface area contributed by atoms with Crippen LogP contribution in [-0.4, -0.2) is 56.2 Å². The van der Waals surface area contributed by atoms with Gasteiger partial charge >= 0.3 is 5.69 Å². The molecule has 0 atom stereocenters. The van der Waals surface area contributed by atoms with Crippen molar-refractivity contribution >= 4 is 11.7 Å². The van der Waals surface area contributed by atoms with Crippen LogP contribution in [0, 0.1) is 19.7 Å². The van der Waals surface area contributed by atoms with E-state index in [0.29, 0.717) is 32.1 Å². The molecular weight excluding hydrogens is 537 g/mol. The maximum atomic E-state index is 15.3. The second-order valence-corrected chi connectivity index (χ2v) is 11.0. The number of amides is 1. The molecule has 1 saturated heterocycles. The van der Waals surface area contributed by atoms with E-state index in [-0.39, 0.29) is 36.2 Å². The Balaban J connectivity index is 1.12. The van der Waals surface area contributed by atoms with Crippen LogP contribution in [0.2, 0.25) is 0 Å². The number of nitrogens with zero attached hydrogens (tertiary/aromatic N) is 5. The molecule has 3 heterocycles. The van der Waals surface area contributed by atoms with E-state index in [1.165, 1.54) is 35.1 Å². The van der Waals surface area contributed by atoms with Gasteiger partial charge in [-0.3, -0.25) is 9.36 Å². The summed E-state index contributed by atoms with van der Waals surface area (Å²) in [7, 11) is 0. The van der Waals surface area contributed by atoms with Crippen LogP contribution in [0.3, 0.4) is 0 Å². The number of hydrogen-bond acceptors (Lipinski definition) is 6. The first-order chi connectivity index (χ1) is 20.3. The summed E-state index contributed by atoms with van der Waals surface area (Å²) < 4.78 is 23.3. The van der Waals surface area contributed by atoms with Crippen LogP contribution in [0.25, 0.3) is 5.69 Å². The van der Waals surface area contributed by atoms with Gasteiger partial charge in [0.25, 0.3) is 5.91 Å². The number of rotatable bonds is 8. The molecule has 0 spiro atoms. The van der Waals surface area contributed by atoms with Crippen LogP contribution in [0.15, 0.2) is 65.6 Å². The van der Waals surface area contributed by atoms with Crippen LogP contribution < -0.4 is 10.6 Å². The molecule has 2 aliphatic rings. The van der Waals surface area contributed by atoms with E-state index >= 15 is 4.39 Å². The molecule has 1 aliphatic heterocycles. The van der Waals surface area contributed by atoms with E-state index in [0.717, 1.165) is 27.6 Å². The zero-order valence-corrected chi connectivity index (χ0v) is 23.8. The van der Waals surface area contributed by atoms with Crippen molar-refractivity contribution < 1.29 is 19.0 Å². The van der Waals surface area contributed by atoms with E-state index in [1.54, 1.807) is 11.8 Å². The predicted molar refractivity (Wildman–Crippen MR) is 157 cm³/mol. The molecule has 1 N–H and O–H groups in total. The number of benzene rings is 2. The quantitative estimate of drug-likeness (QED) is 0.335. The van der Waals surface area contributed by atoms with E-state index in [1.807, 2.05) is 36.5 Å². The Morgan fingerprint density at radius 1 is 1.05 bits per heavy atom. The highest BCUT2D eigenvalue weighted by Gasteiger charge is 2.28. The van der Waals surface area contributed by atoms with Crippen LogP contribution in [-0.2, 0) is 18.1 Å². The normalized spacial score (nSPS) is 15.3. The summed E-state index contributed by atoms with van der Waals surface area (Å²) >= 11 is 0. The smallest absolute Gasteiger partial charge is 0.337 e. The molecule has 218 valence electrons. The molecule has 0 unspecified atom stereocenters. The number of carbonyl (C=O) groups is 1. The average Bonchev–Trinajstić information content (AvgIpc) is 3.82. The lowest BCUT2D eigenvalue weighted by molar-refractivity contribution is 0.0570. The number of halogens is 1. The molecule has 9 nitrogen and oxygen atoms in total. The Labute approximate surface area is 243 Å². The van der Waals surface area contributed by atoms with Gasteiger partial charge in [-0.15, -0.1) is 0 Å². The Morgan fingerprint density at radius 3 is 2.45 bits per heavy atom. The van der Waals surface area contributed by atoms with Crippen molar-refractivity contribution in [3.63, 3.8) is 0 Å². The van der Waals surface area contributed by atoms with Gasteiger partial charge in [-0.25, -0.2) is 18.7 Å². The first-order valence-corrected chi connectivity index (χ1v) is 14.2. The van der Waals surface area contributed by atoms with Gasteiger partial charge in [0.15, 0.2) is 0 Å². The van der Waals surface area contributed by atoms with Crippen molar-refractivity contribution in [1.29, 1.82) is 0 Å². The van der Waals surface area contributed by atoms with Crippen molar-refractivity contribution in [3.05, 3.63) is 105 Å². The SMILES string of the molecule is Cc1cc(C2CC2)cnc1N1CCN(C(=O)c2ccc(-n3c(C)c(O)n(COCc4ccccc4)c3=O)cc2F)CC1. The molecule has 42 heavy (non-hydrogen) atoms. The molecule has 4 aromatic rings. The summed E-state index contributed by atoms with van der Waals surface area (Å²) in [4.78, 5) is 34.9. The Bertz CT molecular complexity index is 1670. The van der Waals surface area contributed by atoms with Gasteiger partial charge in [0.05, 0.1) is 23.6 Å². The van der Waals surface area contributed by atoms with Gasteiger partial charge in [-0.2, -0.15) is 0 Å². The predicted octanol–water partition coefficient (Wildman–Crippen LogP) is 4.51. The highest BCUT2D eigenvalue weighted by Crippen LogP contribution is 2.40. The van der Waals surface area contributed by atoms with Crippen molar-refractivity contribution in [1.82, 2.24) is 19.0 Å². The monoisotopic (exact) mass is 571 g/mol. The molecular formula is C32H34FN5O4. The largest absolute Gasteiger partial charge is 0.493 e. The van der Waals surface area contributed by atoms with Crippen molar-refractivity contribution in [2.24, 2.45) is 0 Å². The molecule has 2 fully saturated rings. The first kappa shape index (κ1) is 27.7. The van der Waals surface area contributed by atoms with Gasteiger partial charge < -0.3 is 19.6 Å². The van der Waals surface area contributed by atoms with Gasteiger partial charge in [0.2, 0.25) is 5.88 Å². The highest BCUT2D eigenvalue weighted by molar-refractivity contribution is 5.95. The summed E-state index contributed by atoms with van der Waals surface area (Å²) in [5.41, 5.74) is 3.19. The number of aromatic nitrogens is 3. The number of carbonyl (C=O) groups excluding carboxylic acids is 1. The lowest BCUT2D eigenvalue weighted by Crippen LogP contribution is -2.49. The first-order valence-electron chi connectivity index (χ1n) is 14.2. The Morgan fingerprint density at radius 2 is 1.79 bits per heavy atom. The fraction of sp³-hybridized carbons (Fsp3) is 0.344. The van der Waals surface area contributed by atoms with E-state index < -0.39 is 17.4 Å². The van der Waals surface area contributed by atoms with Gasteiger partial charge in [0, 0.05) is 32.4 Å². The summed E-state index contributed by atoms with van der Waals surface area (Å²) in [5.74, 6) is 0.188. The molecule has 1 aliphatic carbocycles. The van der Waals surface area contributed by atoms with Crippen molar-refractivity contribution in [2.75, 3.05) is 31.1 Å². The molecule has 1 saturated carbocycles. The topological polar surface area (TPSA) is 92.8 Å². The minimum absolute atomic E-state index is 0.0594. The molecule has 2 aromatic carbocycles. The van der Waals surface area contributed by atoms with Crippen LogP contribution in [0.5, 0.6) is 5.88 Å². The number of aryl methyl sites for hydroxylation is 1. The number of hydrogen-bond donors (Lipinski definition) is 1. The lowest BCUT2D eigenvalue weighted by Gasteiger charge is -2.36. The van der Waals surface area contributed by atoms with Gasteiger partial charge in [0.1, 0.15) is 18.4 Å². The number of aromatic hydroxyl groups is 1. The Kier molecular flexibility index (Phi) is 7.55. The van der Waals surface area contributed by atoms with Crippen LogP contribution in [0.4, 0.5) is 10.2 Å². The Hall–Kier alpha value is -4.44. The molecule has 1 amide bonds. The van der Waals surface area contributed by atoms with Crippen molar-refractivity contribution in [3.8, 4) is 11.6 Å². The summed E-state index contributed by atoms with van der Waals surface area (Å²) in [5, 5.41) is 10.6. The fourth-order valence-electron chi connectivity index (χ4n) is 5.57. The second kappa shape index (κ2) is 11.4. The third-order valence-corrected chi connectivity index (χ3v) is 8.10. The minimum Gasteiger partial charge on any atom is -0.493 e. The highest BCUT2D eigenvalue weighted by atomic mass is 19.1. The standard InChI is InChI=1S/C32H34FN5O4/c1-21-16-25(24-8-9-24)18-34-29(21)35-12-14-36(15-13-35)31(40)27-11-10-26(17-28(27)33)38-22(2)30(39)37(32(38)41)20-42-19-23-6-4-3-5-7-23/h3-7,10-11,16-18,24,39H,8-9,12-15,19-20H2,1-2H3. The summed E-state index contributed by atoms with van der Waals surface area (Å²) in [6, 6.07) is 15.8. The second-order valence-electron chi connectivity index (χ2n) is 11.0. The maximum Gasteiger partial charge on any atom is 0.337 e. The van der Waals surface area contributed by atoms with Crippen molar-refractivity contribution in [2.45, 2.75) is 45.9 Å². The molecule has 0 bridgehead atoms. The van der Waals surface area contributed by atoms with E-state index in [4.69, 9.17) is 9.72 Å². The minimum atomic E-state index is -0.730. The lowest BCUT2D eigenvalue weighted by atomic mass is 10.1. The third kappa shape index (κ3) is 5.42. The van der Waals surface area contributed by atoms with Gasteiger partial charge in [-0.1, -0.05) is 36.4 Å². The molecule has 6 rings (SSSR count). The number of anilines is 1. The van der Waals surface area contributed by atoms with Crippen LogP contribution in [0.1, 0.15) is 51.5 Å². The fourth-order valence-corrected chi connectivity index (χ4v) is 5.57. The number of imidazole rings is 1. The summed E-state index contributed by atoms with van der Waals surface area (Å²) in [6.07, 6.45) is 4.43. The number of piperazine rings is 1. The summed E-state index contributed by atoms with van der Waals surface area (Å²) in [6.45, 7) is 5.84. The zero-order valence-electron chi connectivity index (χ0n) is 23.8. The maximum absolute atomic E-state index is 15.3. The molecule has 10 heteroatoms. The van der Waals surface area contributed by atoms with E-state index in [2.05, 4.69) is 17.9 Å². The molecule has 0 radical (unpaired) electrons. The zero-order chi connectivity index (χ0) is 29.4. The van der Waals surface area contributed by atoms with E-state index in [9.17, 15) is 14.7 Å². The van der Waals surface area contributed by atoms with Crippen LogP contribution >= 0.6 is 0 Å². The van der Waals surface area contributed by atoms with Gasteiger partial charge in [-0.05, 0) is 67.5 Å². The number of ether oxygens (including phenoxy) is 1.